The highest BCUT2D eigenvalue weighted by Crippen LogP contribution is 2.22. The van der Waals surface area contributed by atoms with Crippen molar-refractivity contribution in [2.75, 3.05) is 11.9 Å². The van der Waals surface area contributed by atoms with Crippen molar-refractivity contribution in [3.05, 3.63) is 40.5 Å². The van der Waals surface area contributed by atoms with Crippen LogP contribution in [0.5, 0.6) is 0 Å². The van der Waals surface area contributed by atoms with Crippen LogP contribution >= 0.6 is 11.3 Å². The lowest BCUT2D eigenvalue weighted by molar-refractivity contribution is 0.0907. The van der Waals surface area contributed by atoms with Crippen molar-refractivity contribution in [3.8, 4) is 0 Å². The summed E-state index contributed by atoms with van der Waals surface area (Å²) >= 11 is 1.52. The Kier molecular flexibility index (Phi) is 4.90. The molecule has 0 saturated heterocycles. The van der Waals surface area contributed by atoms with Crippen LogP contribution in [0.15, 0.2) is 29.8 Å². The summed E-state index contributed by atoms with van der Waals surface area (Å²) in [7, 11) is 0. The van der Waals surface area contributed by atoms with Crippen LogP contribution < -0.4 is 10.6 Å². The summed E-state index contributed by atoms with van der Waals surface area (Å²) in [6.07, 6.45) is 2.75. The van der Waals surface area contributed by atoms with Crippen LogP contribution in [0.25, 0.3) is 0 Å². The number of rotatable bonds is 6. The molecule has 0 aliphatic carbocycles. The molecule has 0 fully saturated rings. The van der Waals surface area contributed by atoms with E-state index in [9.17, 15) is 4.79 Å². The van der Waals surface area contributed by atoms with Gasteiger partial charge in [-0.05, 0) is 32.4 Å². The molecule has 0 atom stereocenters. The van der Waals surface area contributed by atoms with Gasteiger partial charge in [-0.15, -0.1) is 11.3 Å². The van der Waals surface area contributed by atoms with Crippen LogP contribution in [0, 0.1) is 0 Å². The first kappa shape index (κ1) is 15.4. The second-order valence-electron chi connectivity index (χ2n) is 5.25. The number of anilines is 1. The number of pyridine rings is 1. The standard InChI is InChI=1S/C15H20N4OS/c1-4-8-16-12-7-5-6-11(18-12)13(20)19-15(2,3)14-17-9-10-21-14/h5-7,9-10H,4,8H2,1-3H3,(H,16,18)(H,19,20). The highest BCUT2D eigenvalue weighted by atomic mass is 32.1. The van der Waals surface area contributed by atoms with E-state index in [0.717, 1.165) is 23.8 Å². The number of carbonyl (C=O) groups excluding carboxylic acids is 1. The Morgan fingerprint density at radius 1 is 1.38 bits per heavy atom. The molecule has 0 saturated carbocycles. The maximum Gasteiger partial charge on any atom is 0.270 e. The van der Waals surface area contributed by atoms with Gasteiger partial charge in [-0.1, -0.05) is 13.0 Å². The second-order valence-corrected chi connectivity index (χ2v) is 6.15. The average Bonchev–Trinajstić information content (AvgIpc) is 3.00. The minimum absolute atomic E-state index is 0.199. The zero-order valence-electron chi connectivity index (χ0n) is 12.5. The zero-order chi connectivity index (χ0) is 15.3. The third kappa shape index (κ3) is 4.01. The number of aromatic nitrogens is 2. The van der Waals surface area contributed by atoms with Gasteiger partial charge in [-0.2, -0.15) is 0 Å². The number of nitrogens with zero attached hydrogens (tertiary/aromatic N) is 2. The Bertz CT molecular complexity index is 595. The number of nitrogens with one attached hydrogen (secondary N) is 2. The first-order valence-corrected chi connectivity index (χ1v) is 7.84. The van der Waals surface area contributed by atoms with Crippen LogP contribution in [0.4, 0.5) is 5.82 Å². The molecule has 0 aliphatic heterocycles. The lowest BCUT2D eigenvalue weighted by Gasteiger charge is -2.23. The summed E-state index contributed by atoms with van der Waals surface area (Å²) < 4.78 is 0. The molecule has 112 valence electrons. The molecular weight excluding hydrogens is 284 g/mol. The van der Waals surface area contributed by atoms with Crippen LogP contribution in [0.1, 0.15) is 42.7 Å². The Morgan fingerprint density at radius 2 is 2.19 bits per heavy atom. The van der Waals surface area contributed by atoms with E-state index >= 15 is 0 Å². The molecule has 2 rings (SSSR count). The maximum absolute atomic E-state index is 12.4. The summed E-state index contributed by atoms with van der Waals surface area (Å²) in [5, 5.41) is 8.93. The van der Waals surface area contributed by atoms with E-state index in [1.807, 2.05) is 31.4 Å². The summed E-state index contributed by atoms with van der Waals surface area (Å²) in [6.45, 7) is 6.79. The Balaban J connectivity index is 2.09. The van der Waals surface area contributed by atoms with Gasteiger partial charge in [-0.3, -0.25) is 4.79 Å². The van der Waals surface area contributed by atoms with Gasteiger partial charge in [0, 0.05) is 18.1 Å². The number of hydrogen-bond donors (Lipinski definition) is 2. The molecule has 0 unspecified atom stereocenters. The van der Waals surface area contributed by atoms with Crippen LogP contribution in [0.3, 0.4) is 0 Å². The molecule has 21 heavy (non-hydrogen) atoms. The SMILES string of the molecule is CCCNc1cccc(C(=O)NC(C)(C)c2nccs2)n1. The molecule has 0 spiro atoms. The second kappa shape index (κ2) is 6.67. The third-order valence-electron chi connectivity index (χ3n) is 2.93. The summed E-state index contributed by atoms with van der Waals surface area (Å²) in [6, 6.07) is 5.40. The predicted octanol–water partition coefficient (Wildman–Crippen LogP) is 3.03. The highest BCUT2D eigenvalue weighted by Gasteiger charge is 2.26. The van der Waals surface area contributed by atoms with Gasteiger partial charge < -0.3 is 10.6 Å². The van der Waals surface area contributed by atoms with Crippen molar-refractivity contribution in [1.82, 2.24) is 15.3 Å². The fourth-order valence-corrected chi connectivity index (χ4v) is 2.56. The number of hydrogen-bond acceptors (Lipinski definition) is 5. The van der Waals surface area contributed by atoms with Crippen molar-refractivity contribution in [2.24, 2.45) is 0 Å². The Hall–Kier alpha value is -1.95. The van der Waals surface area contributed by atoms with E-state index < -0.39 is 5.54 Å². The normalized spacial score (nSPS) is 11.2. The number of thiazole rings is 1. The lowest BCUT2D eigenvalue weighted by atomic mass is 10.1. The van der Waals surface area contributed by atoms with Gasteiger partial charge in [0.15, 0.2) is 0 Å². The van der Waals surface area contributed by atoms with Crippen LogP contribution in [-0.4, -0.2) is 22.4 Å². The van der Waals surface area contributed by atoms with Gasteiger partial charge in [0.05, 0.1) is 5.54 Å². The largest absolute Gasteiger partial charge is 0.370 e. The monoisotopic (exact) mass is 304 g/mol. The zero-order valence-corrected chi connectivity index (χ0v) is 13.3. The minimum Gasteiger partial charge on any atom is -0.370 e. The van der Waals surface area contributed by atoms with E-state index in [0.29, 0.717) is 5.69 Å². The van der Waals surface area contributed by atoms with Gasteiger partial charge >= 0.3 is 0 Å². The molecule has 0 aromatic carbocycles. The van der Waals surface area contributed by atoms with Gasteiger partial charge in [-0.25, -0.2) is 9.97 Å². The molecule has 6 heteroatoms. The summed E-state index contributed by atoms with van der Waals surface area (Å²) in [5.41, 5.74) is -0.111. The smallest absolute Gasteiger partial charge is 0.270 e. The molecule has 0 bridgehead atoms. The van der Waals surface area contributed by atoms with E-state index in [4.69, 9.17) is 0 Å². The maximum atomic E-state index is 12.4. The van der Waals surface area contributed by atoms with Crippen molar-refractivity contribution in [3.63, 3.8) is 0 Å². The van der Waals surface area contributed by atoms with Crippen molar-refractivity contribution < 1.29 is 4.79 Å². The summed E-state index contributed by atoms with van der Waals surface area (Å²) in [4.78, 5) is 21.0. The average molecular weight is 304 g/mol. The first-order valence-electron chi connectivity index (χ1n) is 6.96. The molecule has 2 aromatic heterocycles. The molecule has 0 radical (unpaired) electrons. The molecule has 0 aliphatic rings. The van der Waals surface area contributed by atoms with Crippen molar-refractivity contribution in [1.29, 1.82) is 0 Å². The van der Waals surface area contributed by atoms with Crippen LogP contribution in [-0.2, 0) is 5.54 Å². The fourth-order valence-electron chi connectivity index (χ4n) is 1.85. The Labute approximate surface area is 128 Å². The molecule has 5 nitrogen and oxygen atoms in total. The van der Waals surface area contributed by atoms with Crippen LogP contribution in [0.2, 0.25) is 0 Å². The third-order valence-corrected chi connectivity index (χ3v) is 4.03. The van der Waals surface area contributed by atoms with E-state index in [-0.39, 0.29) is 5.91 Å². The molecule has 2 N–H and O–H groups in total. The first-order chi connectivity index (χ1) is 10.0. The molecule has 2 aromatic rings. The molecule has 2 heterocycles. The molecule has 1 amide bonds. The van der Waals surface area contributed by atoms with E-state index in [1.54, 1.807) is 12.3 Å². The van der Waals surface area contributed by atoms with Crippen molar-refractivity contribution >= 4 is 23.1 Å². The Morgan fingerprint density at radius 3 is 2.86 bits per heavy atom. The van der Waals surface area contributed by atoms with Gasteiger partial charge in [0.25, 0.3) is 5.91 Å². The van der Waals surface area contributed by atoms with Crippen molar-refractivity contribution in [2.45, 2.75) is 32.7 Å². The molecular formula is C15H20N4OS. The minimum atomic E-state index is -0.514. The van der Waals surface area contributed by atoms with Gasteiger partial charge in [0.1, 0.15) is 16.5 Å². The van der Waals surface area contributed by atoms with E-state index in [2.05, 4.69) is 27.5 Å². The predicted molar refractivity (Wildman–Crippen MR) is 85.6 cm³/mol. The summed E-state index contributed by atoms with van der Waals surface area (Å²) in [5.74, 6) is 0.520. The number of amides is 1. The number of carbonyl (C=O) groups is 1. The topological polar surface area (TPSA) is 66.9 Å². The van der Waals surface area contributed by atoms with E-state index in [1.165, 1.54) is 11.3 Å². The lowest BCUT2D eigenvalue weighted by Crippen LogP contribution is -2.41. The quantitative estimate of drug-likeness (QED) is 0.861. The fraction of sp³-hybridized carbons (Fsp3) is 0.400. The van der Waals surface area contributed by atoms with Gasteiger partial charge in [0.2, 0.25) is 0 Å². The highest BCUT2D eigenvalue weighted by molar-refractivity contribution is 7.09.